The van der Waals surface area contributed by atoms with E-state index in [1.807, 2.05) is 30.3 Å². The minimum absolute atomic E-state index is 0.0687. The number of nitrogens with one attached hydrogen (secondary N) is 2. The number of hydrogen-bond donors (Lipinski definition) is 2. The van der Waals surface area contributed by atoms with Gasteiger partial charge in [-0.15, -0.1) is 0 Å². The van der Waals surface area contributed by atoms with Gasteiger partial charge in [0.15, 0.2) is 11.5 Å². The van der Waals surface area contributed by atoms with Crippen LogP contribution in [0.3, 0.4) is 0 Å². The minimum Gasteiger partial charge on any atom is -0.493 e. The average molecular weight is 421 g/mol. The van der Waals surface area contributed by atoms with Gasteiger partial charge in [-0.05, 0) is 17.7 Å². The van der Waals surface area contributed by atoms with Crippen LogP contribution in [0.5, 0.6) is 17.2 Å². The Hall–Kier alpha value is -4.01. The van der Waals surface area contributed by atoms with Crippen LogP contribution in [0.4, 0.5) is 5.82 Å². The van der Waals surface area contributed by atoms with Crippen LogP contribution in [0, 0.1) is 0 Å². The van der Waals surface area contributed by atoms with Gasteiger partial charge in [0.05, 0.1) is 46.3 Å². The van der Waals surface area contributed by atoms with Gasteiger partial charge in [-0.1, -0.05) is 30.3 Å². The molecular weight excluding hydrogens is 398 g/mol. The maximum absolute atomic E-state index is 12.7. The Balaban J connectivity index is 1.46. The van der Waals surface area contributed by atoms with Crippen LogP contribution in [-0.4, -0.2) is 43.2 Å². The first-order valence-electron chi connectivity index (χ1n) is 9.65. The van der Waals surface area contributed by atoms with Gasteiger partial charge in [-0.2, -0.15) is 10.2 Å². The number of carbonyl (C=O) groups is 1. The Morgan fingerprint density at radius 1 is 1.16 bits per heavy atom. The predicted molar refractivity (Wildman–Crippen MR) is 116 cm³/mol. The molecule has 0 radical (unpaired) electrons. The molecule has 1 aliphatic heterocycles. The number of anilines is 1. The number of hydrazone groups is 1. The number of hydrogen-bond acceptors (Lipinski definition) is 7. The molecule has 0 bridgehead atoms. The third-order valence-electron chi connectivity index (χ3n) is 5.02. The molecule has 2 N–H and O–H groups in total. The lowest BCUT2D eigenvalue weighted by atomic mass is 10.1. The topological polar surface area (TPSA) is 99.0 Å². The van der Waals surface area contributed by atoms with Gasteiger partial charge in [0, 0.05) is 5.56 Å². The summed E-state index contributed by atoms with van der Waals surface area (Å²) in [5.41, 5.74) is 4.79. The van der Waals surface area contributed by atoms with Crippen molar-refractivity contribution in [3.63, 3.8) is 0 Å². The third kappa shape index (κ3) is 4.02. The van der Waals surface area contributed by atoms with E-state index in [1.165, 1.54) is 33.7 Å². The summed E-state index contributed by atoms with van der Waals surface area (Å²) in [6.07, 6.45) is 3.04. The van der Waals surface area contributed by atoms with Crippen molar-refractivity contribution in [1.82, 2.24) is 15.2 Å². The van der Waals surface area contributed by atoms with Crippen molar-refractivity contribution in [2.45, 2.75) is 12.6 Å². The highest BCUT2D eigenvalue weighted by Crippen LogP contribution is 2.37. The molecule has 1 aromatic heterocycles. The summed E-state index contributed by atoms with van der Waals surface area (Å²) in [6, 6.07) is 13.6. The molecule has 2 aromatic carbocycles. The first-order valence-corrected chi connectivity index (χ1v) is 9.65. The molecule has 0 saturated carbocycles. The summed E-state index contributed by atoms with van der Waals surface area (Å²) in [5, 5.41) is 11.8. The number of fused-ring (bicyclic) bond motifs is 1. The molecule has 31 heavy (non-hydrogen) atoms. The fourth-order valence-electron chi connectivity index (χ4n) is 3.50. The number of rotatable bonds is 7. The molecule has 1 aliphatic rings. The van der Waals surface area contributed by atoms with Crippen LogP contribution >= 0.6 is 0 Å². The lowest BCUT2D eigenvalue weighted by Crippen LogP contribution is -2.18. The molecule has 1 unspecified atom stereocenters. The number of methoxy groups -OCH3 is 3. The van der Waals surface area contributed by atoms with E-state index in [1.54, 1.807) is 16.8 Å². The van der Waals surface area contributed by atoms with Gasteiger partial charge in [-0.25, -0.2) is 10.1 Å². The third-order valence-corrected chi connectivity index (χ3v) is 5.02. The fraction of sp³-hybridized carbons (Fsp3) is 0.227. The summed E-state index contributed by atoms with van der Waals surface area (Å²) in [5.74, 6) is 1.81. The van der Waals surface area contributed by atoms with Gasteiger partial charge >= 0.3 is 0 Å². The number of benzene rings is 2. The molecule has 3 aromatic rings. The zero-order valence-corrected chi connectivity index (χ0v) is 17.5. The van der Waals surface area contributed by atoms with E-state index in [4.69, 9.17) is 14.2 Å². The Morgan fingerprint density at radius 2 is 1.87 bits per heavy atom. The second-order valence-corrected chi connectivity index (χ2v) is 6.85. The van der Waals surface area contributed by atoms with Crippen molar-refractivity contribution < 1.29 is 19.0 Å². The Bertz CT molecular complexity index is 1090. The van der Waals surface area contributed by atoms with Crippen molar-refractivity contribution in [2.24, 2.45) is 5.10 Å². The first-order chi connectivity index (χ1) is 15.1. The van der Waals surface area contributed by atoms with Gasteiger partial charge in [0.1, 0.15) is 11.4 Å². The summed E-state index contributed by atoms with van der Waals surface area (Å²) < 4.78 is 17.8. The molecule has 0 fully saturated rings. The smallest absolute Gasteiger partial charge is 0.276 e. The van der Waals surface area contributed by atoms with E-state index < -0.39 is 0 Å². The van der Waals surface area contributed by atoms with Crippen molar-refractivity contribution in [3.8, 4) is 17.2 Å². The second kappa shape index (κ2) is 8.78. The van der Waals surface area contributed by atoms with E-state index in [-0.39, 0.29) is 11.9 Å². The standard InChI is InChI=1S/C22H23N5O4/c1-29-18-9-14(10-19(30-2)20(18)31-3)11-23-26-22(28)16-12-24-27-13-17(25-21(16)27)15-7-5-4-6-8-15/h4-12,17,25H,13H2,1-3H3,(H,26,28)/b23-11+. The highest BCUT2D eigenvalue weighted by atomic mass is 16.5. The van der Waals surface area contributed by atoms with E-state index in [0.717, 1.165) is 5.56 Å². The van der Waals surface area contributed by atoms with E-state index in [2.05, 4.69) is 20.9 Å². The van der Waals surface area contributed by atoms with Gasteiger partial charge in [-0.3, -0.25) is 4.79 Å². The summed E-state index contributed by atoms with van der Waals surface area (Å²) >= 11 is 0. The number of carbonyl (C=O) groups excluding carboxylic acids is 1. The fourth-order valence-corrected chi connectivity index (χ4v) is 3.50. The van der Waals surface area contributed by atoms with Crippen molar-refractivity contribution >= 4 is 17.9 Å². The lowest BCUT2D eigenvalue weighted by Gasteiger charge is -2.12. The molecule has 160 valence electrons. The molecule has 4 rings (SSSR count). The van der Waals surface area contributed by atoms with Crippen LogP contribution in [0.2, 0.25) is 0 Å². The van der Waals surface area contributed by atoms with E-state index >= 15 is 0 Å². The minimum atomic E-state index is -0.355. The molecule has 9 nitrogen and oxygen atoms in total. The molecule has 0 saturated heterocycles. The van der Waals surface area contributed by atoms with Crippen LogP contribution in [0.15, 0.2) is 53.8 Å². The number of aromatic nitrogens is 2. The second-order valence-electron chi connectivity index (χ2n) is 6.85. The maximum Gasteiger partial charge on any atom is 0.276 e. The maximum atomic E-state index is 12.7. The summed E-state index contributed by atoms with van der Waals surface area (Å²) in [7, 11) is 4.61. The Labute approximate surface area is 179 Å². The lowest BCUT2D eigenvalue weighted by molar-refractivity contribution is 0.0956. The first kappa shape index (κ1) is 20.3. The summed E-state index contributed by atoms with van der Waals surface area (Å²) in [4.78, 5) is 12.7. The number of amides is 1. The quantitative estimate of drug-likeness (QED) is 0.450. The molecular formula is C22H23N5O4. The molecule has 1 amide bonds. The molecule has 9 heteroatoms. The normalized spacial score (nSPS) is 14.7. The van der Waals surface area contributed by atoms with Crippen molar-refractivity contribution in [3.05, 3.63) is 65.4 Å². The van der Waals surface area contributed by atoms with Crippen molar-refractivity contribution in [2.75, 3.05) is 26.6 Å². The van der Waals surface area contributed by atoms with Crippen molar-refractivity contribution in [1.29, 1.82) is 0 Å². The van der Waals surface area contributed by atoms with Gasteiger partial charge < -0.3 is 19.5 Å². The summed E-state index contributed by atoms with van der Waals surface area (Å²) in [6.45, 7) is 0.654. The number of nitrogens with zero attached hydrogens (tertiary/aromatic N) is 3. The largest absolute Gasteiger partial charge is 0.493 e. The van der Waals surface area contributed by atoms with Crippen LogP contribution < -0.4 is 25.0 Å². The zero-order valence-electron chi connectivity index (χ0n) is 17.5. The monoisotopic (exact) mass is 421 g/mol. The van der Waals surface area contributed by atoms with Gasteiger partial charge in [0.25, 0.3) is 5.91 Å². The predicted octanol–water partition coefficient (Wildman–Crippen LogP) is 2.84. The van der Waals surface area contributed by atoms with Crippen LogP contribution in [-0.2, 0) is 6.54 Å². The Kier molecular flexibility index (Phi) is 5.74. The number of ether oxygens (including phenoxy) is 3. The molecule has 1 atom stereocenters. The average Bonchev–Trinajstić information content (AvgIpc) is 3.40. The zero-order chi connectivity index (χ0) is 21.8. The van der Waals surface area contributed by atoms with Crippen LogP contribution in [0.25, 0.3) is 0 Å². The van der Waals surface area contributed by atoms with Crippen LogP contribution in [0.1, 0.15) is 27.5 Å². The van der Waals surface area contributed by atoms with E-state index in [0.29, 0.717) is 40.7 Å². The highest BCUT2D eigenvalue weighted by molar-refractivity contribution is 5.99. The Morgan fingerprint density at radius 3 is 2.52 bits per heavy atom. The molecule has 0 aliphatic carbocycles. The van der Waals surface area contributed by atoms with Gasteiger partial charge in [0.2, 0.25) is 5.75 Å². The van der Waals surface area contributed by atoms with E-state index in [9.17, 15) is 4.79 Å². The molecule has 0 spiro atoms. The highest BCUT2D eigenvalue weighted by Gasteiger charge is 2.27. The molecule has 2 heterocycles. The SMILES string of the molecule is COc1cc(/C=N/NC(=O)c2cnn3c2NC(c2ccccc2)C3)cc(OC)c1OC.